The average molecular weight is 261 g/mol. The van der Waals surface area contributed by atoms with Crippen molar-refractivity contribution in [2.45, 2.75) is 31.2 Å². The van der Waals surface area contributed by atoms with Gasteiger partial charge in [0.1, 0.15) is 0 Å². The van der Waals surface area contributed by atoms with Crippen LogP contribution in [0.4, 0.5) is 5.69 Å². The first-order valence-electron chi connectivity index (χ1n) is 6.86. The molecule has 0 radical (unpaired) electrons. The number of carbonyl (C=O) groups is 1. The van der Waals surface area contributed by atoms with Crippen LogP contribution in [0.1, 0.15) is 36.0 Å². The first-order valence-corrected chi connectivity index (χ1v) is 6.86. The van der Waals surface area contributed by atoms with Crippen LogP contribution in [-0.4, -0.2) is 32.1 Å². The van der Waals surface area contributed by atoms with Gasteiger partial charge in [0.05, 0.1) is 5.54 Å². The number of carbonyl (C=O) groups excluding carboxylic acids is 1. The number of anilines is 1. The Kier molecular flexibility index (Phi) is 4.10. The van der Waals surface area contributed by atoms with Gasteiger partial charge >= 0.3 is 0 Å². The van der Waals surface area contributed by atoms with E-state index in [9.17, 15) is 4.79 Å². The van der Waals surface area contributed by atoms with Crippen LogP contribution in [0.5, 0.6) is 0 Å². The number of hydrogen-bond donors (Lipinski definition) is 2. The number of nitrogens with one attached hydrogen (secondary N) is 1. The molecule has 3 N–H and O–H groups in total. The molecular formula is C15H23N3O. The monoisotopic (exact) mass is 261 g/mol. The van der Waals surface area contributed by atoms with Crippen molar-refractivity contribution >= 4 is 11.6 Å². The molecule has 0 saturated heterocycles. The summed E-state index contributed by atoms with van der Waals surface area (Å²) in [4.78, 5) is 14.3. The number of nitrogens with two attached hydrogens (primary N) is 1. The highest BCUT2D eigenvalue weighted by atomic mass is 16.1. The second kappa shape index (κ2) is 5.61. The van der Waals surface area contributed by atoms with Crippen molar-refractivity contribution in [1.29, 1.82) is 0 Å². The molecule has 0 aromatic heterocycles. The van der Waals surface area contributed by atoms with Crippen LogP contribution >= 0.6 is 0 Å². The van der Waals surface area contributed by atoms with E-state index >= 15 is 0 Å². The van der Waals surface area contributed by atoms with E-state index in [1.165, 1.54) is 0 Å². The van der Waals surface area contributed by atoms with Gasteiger partial charge in [0.15, 0.2) is 0 Å². The summed E-state index contributed by atoms with van der Waals surface area (Å²) in [6, 6.07) is 7.64. The molecule has 104 valence electrons. The van der Waals surface area contributed by atoms with E-state index in [2.05, 4.69) is 5.32 Å². The highest BCUT2D eigenvalue weighted by molar-refractivity contribution is 5.95. The van der Waals surface area contributed by atoms with Gasteiger partial charge in [-0.2, -0.15) is 0 Å². The van der Waals surface area contributed by atoms with Crippen molar-refractivity contribution in [3.05, 3.63) is 29.8 Å². The third kappa shape index (κ3) is 3.07. The summed E-state index contributed by atoms with van der Waals surface area (Å²) >= 11 is 0. The first kappa shape index (κ1) is 13.9. The molecule has 0 unspecified atom stereocenters. The molecule has 1 fully saturated rings. The van der Waals surface area contributed by atoms with Crippen molar-refractivity contribution < 1.29 is 4.79 Å². The number of amides is 1. The quantitative estimate of drug-likeness (QED) is 0.868. The summed E-state index contributed by atoms with van der Waals surface area (Å²) in [6.45, 7) is 0.522. The van der Waals surface area contributed by atoms with Crippen molar-refractivity contribution in [1.82, 2.24) is 5.32 Å². The lowest BCUT2D eigenvalue weighted by atomic mass is 9.97. The molecule has 19 heavy (non-hydrogen) atoms. The highest BCUT2D eigenvalue weighted by Crippen LogP contribution is 2.29. The SMILES string of the molecule is CN(C)c1ccc(C(=O)NC2(CN)CCCC2)cc1. The van der Waals surface area contributed by atoms with E-state index in [4.69, 9.17) is 5.73 Å². The van der Waals surface area contributed by atoms with Crippen molar-refractivity contribution in [2.75, 3.05) is 25.5 Å². The summed E-state index contributed by atoms with van der Waals surface area (Å²) in [5.74, 6) is -0.0161. The molecule has 1 aliphatic carbocycles. The Balaban J connectivity index is 2.07. The second-order valence-electron chi connectivity index (χ2n) is 5.59. The van der Waals surface area contributed by atoms with Crippen molar-refractivity contribution in [3.8, 4) is 0 Å². The molecule has 0 spiro atoms. The molecule has 4 heteroatoms. The van der Waals surface area contributed by atoms with Gasteiger partial charge in [-0.1, -0.05) is 12.8 Å². The van der Waals surface area contributed by atoms with Crippen LogP contribution in [0.25, 0.3) is 0 Å². The fourth-order valence-corrected chi connectivity index (χ4v) is 2.66. The molecule has 0 bridgehead atoms. The molecule has 1 aromatic carbocycles. The number of rotatable bonds is 4. The highest BCUT2D eigenvalue weighted by Gasteiger charge is 2.33. The Morgan fingerprint density at radius 1 is 1.26 bits per heavy atom. The van der Waals surface area contributed by atoms with Gasteiger partial charge in [0.25, 0.3) is 5.91 Å². The van der Waals surface area contributed by atoms with E-state index in [-0.39, 0.29) is 11.4 Å². The molecule has 1 saturated carbocycles. The maximum atomic E-state index is 12.3. The van der Waals surface area contributed by atoms with Gasteiger partial charge in [-0.15, -0.1) is 0 Å². The Bertz CT molecular complexity index is 433. The summed E-state index contributed by atoms with van der Waals surface area (Å²) in [5, 5.41) is 3.13. The van der Waals surface area contributed by atoms with Gasteiger partial charge < -0.3 is 16.0 Å². The van der Waals surface area contributed by atoms with E-state index in [0.29, 0.717) is 12.1 Å². The maximum absolute atomic E-state index is 12.3. The Morgan fingerprint density at radius 3 is 2.32 bits per heavy atom. The Labute approximate surface area is 115 Å². The number of benzene rings is 1. The fourth-order valence-electron chi connectivity index (χ4n) is 2.66. The Hall–Kier alpha value is -1.55. The normalized spacial score (nSPS) is 17.2. The molecule has 2 rings (SSSR count). The van der Waals surface area contributed by atoms with Gasteiger partial charge in [-0.3, -0.25) is 4.79 Å². The smallest absolute Gasteiger partial charge is 0.251 e. The van der Waals surface area contributed by atoms with Crippen LogP contribution in [0.3, 0.4) is 0 Å². The van der Waals surface area contributed by atoms with E-state index in [1.54, 1.807) is 0 Å². The standard InChI is InChI=1S/C15H23N3O/c1-18(2)13-7-5-12(6-8-13)14(19)17-15(11-16)9-3-4-10-15/h5-8H,3-4,9-11,16H2,1-2H3,(H,17,19). The lowest BCUT2D eigenvalue weighted by Gasteiger charge is -2.28. The summed E-state index contributed by atoms with van der Waals surface area (Å²) in [7, 11) is 3.97. The molecule has 0 atom stereocenters. The third-order valence-corrected chi connectivity index (χ3v) is 3.98. The lowest BCUT2D eigenvalue weighted by Crippen LogP contribution is -2.51. The summed E-state index contributed by atoms with van der Waals surface area (Å²) in [5.41, 5.74) is 7.44. The van der Waals surface area contributed by atoms with E-state index in [1.807, 2.05) is 43.3 Å². The molecular weight excluding hydrogens is 238 g/mol. The van der Waals surface area contributed by atoms with Crippen molar-refractivity contribution in [2.24, 2.45) is 5.73 Å². The lowest BCUT2D eigenvalue weighted by molar-refractivity contribution is 0.0903. The average Bonchev–Trinajstić information content (AvgIpc) is 2.88. The Morgan fingerprint density at radius 2 is 1.84 bits per heavy atom. The van der Waals surface area contributed by atoms with Crippen LogP contribution < -0.4 is 16.0 Å². The predicted octanol–water partition coefficient (Wildman–Crippen LogP) is 1.75. The second-order valence-corrected chi connectivity index (χ2v) is 5.59. The van der Waals surface area contributed by atoms with Gasteiger partial charge in [0, 0.05) is 31.9 Å². The minimum atomic E-state index is -0.183. The molecule has 4 nitrogen and oxygen atoms in total. The largest absolute Gasteiger partial charge is 0.378 e. The molecule has 0 aliphatic heterocycles. The van der Waals surface area contributed by atoms with Gasteiger partial charge in [-0.25, -0.2) is 0 Å². The molecule has 1 aliphatic rings. The minimum absolute atomic E-state index is 0.0161. The number of nitrogens with zero attached hydrogens (tertiary/aromatic N) is 1. The molecule has 1 aromatic rings. The topological polar surface area (TPSA) is 58.4 Å². The first-order chi connectivity index (χ1) is 9.06. The van der Waals surface area contributed by atoms with E-state index < -0.39 is 0 Å². The summed E-state index contributed by atoms with van der Waals surface area (Å²) in [6.07, 6.45) is 4.28. The van der Waals surface area contributed by atoms with Crippen LogP contribution in [-0.2, 0) is 0 Å². The third-order valence-electron chi connectivity index (χ3n) is 3.98. The van der Waals surface area contributed by atoms with E-state index in [0.717, 1.165) is 31.4 Å². The maximum Gasteiger partial charge on any atom is 0.251 e. The van der Waals surface area contributed by atoms with Crippen LogP contribution in [0, 0.1) is 0 Å². The number of hydrogen-bond acceptors (Lipinski definition) is 3. The molecule has 0 heterocycles. The molecule has 1 amide bonds. The van der Waals surface area contributed by atoms with Crippen molar-refractivity contribution in [3.63, 3.8) is 0 Å². The van der Waals surface area contributed by atoms with Gasteiger partial charge in [-0.05, 0) is 37.1 Å². The van der Waals surface area contributed by atoms with Crippen LogP contribution in [0.2, 0.25) is 0 Å². The van der Waals surface area contributed by atoms with Gasteiger partial charge in [0.2, 0.25) is 0 Å². The zero-order valence-electron chi connectivity index (χ0n) is 11.8. The summed E-state index contributed by atoms with van der Waals surface area (Å²) < 4.78 is 0. The predicted molar refractivity (Wildman–Crippen MR) is 78.5 cm³/mol. The fraction of sp³-hybridized carbons (Fsp3) is 0.533. The zero-order valence-corrected chi connectivity index (χ0v) is 11.8. The van der Waals surface area contributed by atoms with Crippen LogP contribution in [0.15, 0.2) is 24.3 Å². The minimum Gasteiger partial charge on any atom is -0.378 e. The zero-order chi connectivity index (χ0) is 13.9.